The van der Waals surface area contributed by atoms with Crippen molar-refractivity contribution in [2.45, 2.75) is 12.8 Å². The van der Waals surface area contributed by atoms with Crippen LogP contribution in [0.15, 0.2) is 47.5 Å². The summed E-state index contributed by atoms with van der Waals surface area (Å²) in [6.45, 7) is 0.0154. The molecule has 4 nitrogen and oxygen atoms in total. The van der Waals surface area contributed by atoms with E-state index in [2.05, 4.69) is 15.0 Å². The SMILES string of the molecule is NC(=NCCc1cc(F)ccc1F)Nc1ccccc1OC(F)(F)F. The van der Waals surface area contributed by atoms with Gasteiger partial charge in [0.15, 0.2) is 11.7 Å². The lowest BCUT2D eigenvalue weighted by Gasteiger charge is -2.14. The Morgan fingerprint density at radius 2 is 1.84 bits per heavy atom. The average Bonchev–Trinajstić information content (AvgIpc) is 2.51. The minimum atomic E-state index is -4.85. The van der Waals surface area contributed by atoms with Gasteiger partial charge in [-0.2, -0.15) is 0 Å². The smallest absolute Gasteiger partial charge is 0.404 e. The highest BCUT2D eigenvalue weighted by atomic mass is 19.4. The van der Waals surface area contributed by atoms with Crippen molar-refractivity contribution in [1.29, 1.82) is 0 Å². The van der Waals surface area contributed by atoms with E-state index in [1.54, 1.807) is 0 Å². The molecule has 0 fully saturated rings. The van der Waals surface area contributed by atoms with Gasteiger partial charge in [-0.3, -0.25) is 4.99 Å². The van der Waals surface area contributed by atoms with E-state index >= 15 is 0 Å². The summed E-state index contributed by atoms with van der Waals surface area (Å²) in [5, 5.41) is 2.48. The van der Waals surface area contributed by atoms with E-state index in [0.29, 0.717) is 0 Å². The molecular formula is C16H14F5N3O. The quantitative estimate of drug-likeness (QED) is 0.485. The molecule has 0 spiro atoms. The van der Waals surface area contributed by atoms with Gasteiger partial charge in [0.2, 0.25) is 0 Å². The largest absolute Gasteiger partial charge is 0.573 e. The van der Waals surface area contributed by atoms with E-state index in [1.165, 1.54) is 18.2 Å². The van der Waals surface area contributed by atoms with Gasteiger partial charge in [-0.05, 0) is 42.3 Å². The summed E-state index contributed by atoms with van der Waals surface area (Å²) in [6.07, 6.45) is -4.77. The van der Waals surface area contributed by atoms with E-state index < -0.39 is 23.7 Å². The molecule has 0 unspecified atom stereocenters. The van der Waals surface area contributed by atoms with E-state index in [4.69, 9.17) is 5.73 Å². The molecule has 0 bridgehead atoms. The number of ether oxygens (including phenoxy) is 1. The molecule has 134 valence electrons. The Morgan fingerprint density at radius 1 is 1.12 bits per heavy atom. The summed E-state index contributed by atoms with van der Waals surface area (Å²) in [4.78, 5) is 3.88. The molecule has 0 aliphatic rings. The normalized spacial score (nSPS) is 12.1. The van der Waals surface area contributed by atoms with Gasteiger partial charge in [0.25, 0.3) is 0 Å². The molecule has 0 aliphatic heterocycles. The summed E-state index contributed by atoms with van der Waals surface area (Å²) < 4.78 is 67.4. The Bertz CT molecular complexity index is 762. The number of alkyl halides is 3. The number of rotatable bonds is 5. The first-order valence-corrected chi connectivity index (χ1v) is 7.10. The number of benzene rings is 2. The van der Waals surface area contributed by atoms with Crippen LogP contribution in [0.5, 0.6) is 5.75 Å². The van der Waals surface area contributed by atoms with Crippen LogP contribution in [0, 0.1) is 11.6 Å². The van der Waals surface area contributed by atoms with Crippen LogP contribution >= 0.6 is 0 Å². The maximum Gasteiger partial charge on any atom is 0.573 e. The summed E-state index contributed by atoms with van der Waals surface area (Å²) in [5.74, 6) is -1.81. The molecule has 0 saturated carbocycles. The molecular weight excluding hydrogens is 345 g/mol. The number of hydrogen-bond donors (Lipinski definition) is 2. The fourth-order valence-corrected chi connectivity index (χ4v) is 1.99. The van der Waals surface area contributed by atoms with Gasteiger partial charge in [0.05, 0.1) is 5.69 Å². The number of anilines is 1. The lowest BCUT2D eigenvalue weighted by Crippen LogP contribution is -2.25. The maximum absolute atomic E-state index is 13.5. The first-order valence-electron chi connectivity index (χ1n) is 7.10. The predicted octanol–water partition coefficient (Wildman–Crippen LogP) is 3.83. The van der Waals surface area contributed by atoms with Crippen molar-refractivity contribution in [2.75, 3.05) is 11.9 Å². The number of hydrogen-bond acceptors (Lipinski definition) is 2. The van der Waals surface area contributed by atoms with Crippen molar-refractivity contribution >= 4 is 11.6 Å². The third kappa shape index (κ3) is 5.94. The van der Waals surface area contributed by atoms with Crippen LogP contribution in [-0.2, 0) is 6.42 Å². The van der Waals surface area contributed by atoms with E-state index in [-0.39, 0.29) is 30.2 Å². The number of nitrogens with two attached hydrogens (primary N) is 1. The van der Waals surface area contributed by atoms with Crippen molar-refractivity contribution in [3.8, 4) is 5.75 Å². The molecule has 0 amide bonds. The number of halogens is 5. The molecule has 2 aromatic carbocycles. The molecule has 0 saturated heterocycles. The third-order valence-corrected chi connectivity index (χ3v) is 3.05. The van der Waals surface area contributed by atoms with Crippen LogP contribution in [0.4, 0.5) is 27.6 Å². The molecule has 2 aromatic rings. The molecule has 25 heavy (non-hydrogen) atoms. The molecule has 3 N–H and O–H groups in total. The topological polar surface area (TPSA) is 59.6 Å². The second-order valence-corrected chi connectivity index (χ2v) is 4.92. The number of para-hydroxylation sites is 2. The number of aliphatic imine (C=N–C) groups is 1. The van der Waals surface area contributed by atoms with Crippen molar-refractivity contribution in [2.24, 2.45) is 10.7 Å². The molecule has 0 atom stereocenters. The first-order chi connectivity index (χ1) is 11.7. The zero-order valence-corrected chi connectivity index (χ0v) is 12.8. The van der Waals surface area contributed by atoms with Crippen molar-refractivity contribution in [3.05, 3.63) is 59.7 Å². The Balaban J connectivity index is 2.01. The van der Waals surface area contributed by atoms with Gasteiger partial charge >= 0.3 is 6.36 Å². The van der Waals surface area contributed by atoms with Crippen LogP contribution in [0.2, 0.25) is 0 Å². The third-order valence-electron chi connectivity index (χ3n) is 3.05. The fraction of sp³-hybridized carbons (Fsp3) is 0.188. The van der Waals surface area contributed by atoms with Crippen LogP contribution in [-0.4, -0.2) is 18.9 Å². The van der Waals surface area contributed by atoms with Gasteiger partial charge in [-0.1, -0.05) is 12.1 Å². The standard InChI is InChI=1S/C16H14F5N3O/c17-11-5-6-12(18)10(9-11)7-8-23-15(22)24-13-3-1-2-4-14(13)25-16(19,20)21/h1-6,9H,7-8H2,(H3,22,23,24). The maximum atomic E-state index is 13.5. The average molecular weight is 359 g/mol. The Hall–Kier alpha value is -2.84. The first kappa shape index (κ1) is 18.5. The fourth-order valence-electron chi connectivity index (χ4n) is 1.99. The molecule has 9 heteroatoms. The summed E-state index contributed by atoms with van der Waals surface area (Å²) in [7, 11) is 0. The molecule has 0 radical (unpaired) electrons. The van der Waals surface area contributed by atoms with Gasteiger partial charge < -0.3 is 15.8 Å². The highest BCUT2D eigenvalue weighted by Crippen LogP contribution is 2.29. The van der Waals surface area contributed by atoms with E-state index in [1.807, 2.05) is 0 Å². The van der Waals surface area contributed by atoms with E-state index in [0.717, 1.165) is 24.3 Å². The Morgan fingerprint density at radius 3 is 2.56 bits per heavy atom. The predicted molar refractivity (Wildman–Crippen MR) is 83.3 cm³/mol. The van der Waals surface area contributed by atoms with Gasteiger partial charge in [0.1, 0.15) is 11.6 Å². The lowest BCUT2D eigenvalue weighted by atomic mass is 10.1. The zero-order valence-electron chi connectivity index (χ0n) is 12.8. The summed E-state index contributed by atoms with van der Waals surface area (Å²) in [6, 6.07) is 8.34. The summed E-state index contributed by atoms with van der Waals surface area (Å²) in [5.41, 5.74) is 5.70. The monoisotopic (exact) mass is 359 g/mol. The van der Waals surface area contributed by atoms with Crippen LogP contribution in [0.3, 0.4) is 0 Å². The van der Waals surface area contributed by atoms with Crippen molar-refractivity contribution in [1.82, 2.24) is 0 Å². The summed E-state index contributed by atoms with van der Waals surface area (Å²) >= 11 is 0. The second-order valence-electron chi connectivity index (χ2n) is 4.92. The van der Waals surface area contributed by atoms with Crippen LogP contribution in [0.25, 0.3) is 0 Å². The zero-order chi connectivity index (χ0) is 18.4. The van der Waals surface area contributed by atoms with Gasteiger partial charge in [-0.25, -0.2) is 8.78 Å². The minimum absolute atomic E-state index is 0.0154. The van der Waals surface area contributed by atoms with Crippen LogP contribution < -0.4 is 15.8 Å². The number of nitrogens with zero attached hydrogens (tertiary/aromatic N) is 1. The molecule has 0 aliphatic carbocycles. The van der Waals surface area contributed by atoms with Crippen molar-refractivity contribution < 1.29 is 26.7 Å². The Kier molecular flexibility index (Phi) is 5.79. The molecule has 0 aromatic heterocycles. The van der Waals surface area contributed by atoms with Crippen molar-refractivity contribution in [3.63, 3.8) is 0 Å². The minimum Gasteiger partial charge on any atom is -0.404 e. The Labute approximate surface area is 140 Å². The molecule has 0 heterocycles. The second kappa shape index (κ2) is 7.82. The number of guanidine groups is 1. The highest BCUT2D eigenvalue weighted by molar-refractivity contribution is 5.93. The van der Waals surface area contributed by atoms with E-state index in [9.17, 15) is 22.0 Å². The van der Waals surface area contributed by atoms with Crippen LogP contribution in [0.1, 0.15) is 5.56 Å². The lowest BCUT2D eigenvalue weighted by molar-refractivity contribution is -0.274. The van der Waals surface area contributed by atoms with Gasteiger partial charge in [-0.15, -0.1) is 13.2 Å². The highest BCUT2D eigenvalue weighted by Gasteiger charge is 2.32. The number of nitrogens with one attached hydrogen (secondary N) is 1. The molecule has 2 rings (SSSR count). The van der Waals surface area contributed by atoms with Gasteiger partial charge in [0, 0.05) is 6.54 Å².